The largest absolute Gasteiger partial charge is 0.383 e. The Morgan fingerprint density at radius 1 is 1.53 bits per heavy atom. The van der Waals surface area contributed by atoms with Crippen molar-refractivity contribution < 1.29 is 0 Å². The number of rotatable bonds is 1. The van der Waals surface area contributed by atoms with E-state index in [9.17, 15) is 0 Å². The molecule has 0 bridgehead atoms. The lowest BCUT2D eigenvalue weighted by Crippen LogP contribution is -2.22. The summed E-state index contributed by atoms with van der Waals surface area (Å²) in [6, 6.07) is 4.27. The number of thiocarbonyl (C=S) groups is 1. The highest BCUT2D eigenvalue weighted by molar-refractivity contribution is 7.80. The summed E-state index contributed by atoms with van der Waals surface area (Å²) in [6.07, 6.45) is 2.30. The number of anilines is 2. The van der Waals surface area contributed by atoms with Crippen molar-refractivity contribution >= 4 is 28.7 Å². The molecule has 0 fully saturated rings. The molecule has 0 saturated heterocycles. The van der Waals surface area contributed by atoms with E-state index in [0.29, 0.717) is 5.11 Å². The summed E-state index contributed by atoms with van der Waals surface area (Å²) in [7, 11) is 0. The Kier molecular flexibility index (Phi) is 2.77. The zero-order chi connectivity index (χ0) is 10.8. The van der Waals surface area contributed by atoms with Crippen LogP contribution in [0.4, 0.5) is 11.4 Å². The molecule has 0 radical (unpaired) electrons. The monoisotopic (exact) mass is 221 g/mol. The molecule has 1 aromatic rings. The van der Waals surface area contributed by atoms with Gasteiger partial charge in [-0.25, -0.2) is 0 Å². The molecule has 4 heteroatoms. The van der Waals surface area contributed by atoms with E-state index in [-0.39, 0.29) is 0 Å². The summed E-state index contributed by atoms with van der Waals surface area (Å²) >= 11 is 4.88. The predicted molar refractivity (Wildman–Crippen MR) is 68.4 cm³/mol. The fourth-order valence-corrected chi connectivity index (χ4v) is 2.04. The van der Waals surface area contributed by atoms with Crippen molar-refractivity contribution in [3.8, 4) is 0 Å². The van der Waals surface area contributed by atoms with Crippen molar-refractivity contribution in [2.45, 2.75) is 19.8 Å². The number of hydrogen-bond donors (Lipinski definition) is 3. The van der Waals surface area contributed by atoms with Gasteiger partial charge in [-0.2, -0.15) is 0 Å². The standard InChI is InChI=1S/C11H15N3S/c1-7-4-5-8-3-2-6-13-10(8)9(7)14-11(12)15/h4-5,13H,2-3,6H2,1H3,(H3,12,14,15). The van der Waals surface area contributed by atoms with E-state index < -0.39 is 0 Å². The smallest absolute Gasteiger partial charge is 0.168 e. The third kappa shape index (κ3) is 2.04. The van der Waals surface area contributed by atoms with Gasteiger partial charge in [-0.15, -0.1) is 0 Å². The van der Waals surface area contributed by atoms with E-state index in [1.54, 1.807) is 0 Å². The first-order chi connectivity index (χ1) is 7.18. The summed E-state index contributed by atoms with van der Waals surface area (Å²) in [6.45, 7) is 3.07. The van der Waals surface area contributed by atoms with E-state index in [1.165, 1.54) is 12.0 Å². The quantitative estimate of drug-likeness (QED) is 0.635. The Bertz CT molecular complexity index is 401. The maximum atomic E-state index is 5.52. The highest BCUT2D eigenvalue weighted by Gasteiger charge is 2.14. The summed E-state index contributed by atoms with van der Waals surface area (Å²) in [4.78, 5) is 0. The average molecular weight is 221 g/mol. The maximum Gasteiger partial charge on any atom is 0.168 e. The van der Waals surface area contributed by atoms with Crippen LogP contribution in [0.2, 0.25) is 0 Å². The fraction of sp³-hybridized carbons (Fsp3) is 0.364. The zero-order valence-electron chi connectivity index (χ0n) is 8.76. The minimum Gasteiger partial charge on any atom is -0.383 e. The molecule has 0 saturated carbocycles. The predicted octanol–water partition coefficient (Wildman–Crippen LogP) is 2.01. The Labute approximate surface area is 95.0 Å². The molecular formula is C11H15N3S. The molecular weight excluding hydrogens is 206 g/mol. The molecule has 0 amide bonds. The van der Waals surface area contributed by atoms with E-state index in [1.807, 2.05) is 0 Å². The first-order valence-corrected chi connectivity index (χ1v) is 5.52. The molecule has 15 heavy (non-hydrogen) atoms. The molecule has 1 aromatic carbocycles. The van der Waals surface area contributed by atoms with Crippen molar-refractivity contribution in [1.82, 2.24) is 0 Å². The molecule has 2 rings (SSSR count). The summed E-state index contributed by atoms with van der Waals surface area (Å²) in [5, 5.41) is 6.77. The van der Waals surface area contributed by atoms with Gasteiger partial charge >= 0.3 is 0 Å². The van der Waals surface area contributed by atoms with Gasteiger partial charge in [0.25, 0.3) is 0 Å². The minimum absolute atomic E-state index is 0.318. The molecule has 3 nitrogen and oxygen atoms in total. The molecule has 0 aliphatic carbocycles. The van der Waals surface area contributed by atoms with Crippen LogP contribution < -0.4 is 16.4 Å². The third-order valence-electron chi connectivity index (χ3n) is 2.67. The maximum absolute atomic E-state index is 5.52. The Morgan fingerprint density at radius 3 is 3.07 bits per heavy atom. The van der Waals surface area contributed by atoms with Crippen LogP contribution in [0.15, 0.2) is 12.1 Å². The Hall–Kier alpha value is -1.29. The van der Waals surface area contributed by atoms with Crippen molar-refractivity contribution in [2.75, 3.05) is 17.2 Å². The first-order valence-electron chi connectivity index (χ1n) is 5.11. The Morgan fingerprint density at radius 2 is 2.33 bits per heavy atom. The Balaban J connectivity index is 2.45. The van der Waals surface area contributed by atoms with Crippen LogP contribution in [0.3, 0.4) is 0 Å². The SMILES string of the molecule is Cc1ccc2c(c1NC(N)=S)NCCC2. The third-order valence-corrected chi connectivity index (χ3v) is 2.77. The topological polar surface area (TPSA) is 50.1 Å². The average Bonchev–Trinajstić information content (AvgIpc) is 2.22. The van der Waals surface area contributed by atoms with Crippen LogP contribution in [0, 0.1) is 6.92 Å². The van der Waals surface area contributed by atoms with E-state index in [4.69, 9.17) is 18.0 Å². The fourth-order valence-electron chi connectivity index (χ4n) is 1.94. The van der Waals surface area contributed by atoms with Crippen LogP contribution in [-0.4, -0.2) is 11.7 Å². The summed E-state index contributed by atoms with van der Waals surface area (Å²) < 4.78 is 0. The molecule has 1 heterocycles. The van der Waals surface area contributed by atoms with Gasteiger partial charge in [0.2, 0.25) is 0 Å². The van der Waals surface area contributed by atoms with E-state index in [0.717, 1.165) is 29.9 Å². The van der Waals surface area contributed by atoms with Gasteiger partial charge in [-0.3, -0.25) is 0 Å². The number of nitrogens with two attached hydrogens (primary N) is 1. The lowest BCUT2D eigenvalue weighted by molar-refractivity contribution is 0.830. The molecule has 1 aliphatic heterocycles. The van der Waals surface area contributed by atoms with E-state index >= 15 is 0 Å². The van der Waals surface area contributed by atoms with Gasteiger partial charge in [0.1, 0.15) is 0 Å². The number of nitrogens with one attached hydrogen (secondary N) is 2. The second kappa shape index (κ2) is 4.06. The van der Waals surface area contributed by atoms with Crippen LogP contribution in [0.1, 0.15) is 17.5 Å². The van der Waals surface area contributed by atoms with Crippen molar-refractivity contribution in [1.29, 1.82) is 0 Å². The molecule has 0 unspecified atom stereocenters. The molecule has 0 atom stereocenters. The van der Waals surface area contributed by atoms with Gasteiger partial charge < -0.3 is 16.4 Å². The van der Waals surface area contributed by atoms with Gasteiger partial charge in [-0.05, 0) is 43.1 Å². The number of benzene rings is 1. The molecule has 0 spiro atoms. The second-order valence-electron chi connectivity index (χ2n) is 3.81. The minimum atomic E-state index is 0.318. The second-order valence-corrected chi connectivity index (χ2v) is 4.25. The van der Waals surface area contributed by atoms with Crippen LogP contribution >= 0.6 is 12.2 Å². The van der Waals surface area contributed by atoms with Crippen LogP contribution in [0.25, 0.3) is 0 Å². The lowest BCUT2D eigenvalue weighted by atomic mass is 9.99. The first kappa shape index (κ1) is 10.2. The van der Waals surface area contributed by atoms with Crippen LogP contribution in [-0.2, 0) is 6.42 Å². The lowest BCUT2D eigenvalue weighted by Gasteiger charge is -2.23. The van der Waals surface area contributed by atoms with Gasteiger partial charge in [0.15, 0.2) is 5.11 Å². The van der Waals surface area contributed by atoms with Crippen molar-refractivity contribution in [3.63, 3.8) is 0 Å². The molecule has 80 valence electrons. The van der Waals surface area contributed by atoms with Crippen molar-refractivity contribution in [2.24, 2.45) is 5.73 Å². The summed E-state index contributed by atoms with van der Waals surface area (Å²) in [5.41, 5.74) is 10.2. The highest BCUT2D eigenvalue weighted by Crippen LogP contribution is 2.32. The molecule has 1 aliphatic rings. The van der Waals surface area contributed by atoms with Crippen molar-refractivity contribution in [3.05, 3.63) is 23.3 Å². The normalized spacial score (nSPS) is 13.9. The molecule has 0 aromatic heterocycles. The number of hydrogen-bond acceptors (Lipinski definition) is 2. The van der Waals surface area contributed by atoms with Crippen LogP contribution in [0.5, 0.6) is 0 Å². The van der Waals surface area contributed by atoms with E-state index in [2.05, 4.69) is 29.7 Å². The molecule has 4 N–H and O–H groups in total. The zero-order valence-corrected chi connectivity index (χ0v) is 9.58. The summed E-state index contributed by atoms with van der Waals surface area (Å²) in [5.74, 6) is 0. The number of fused-ring (bicyclic) bond motifs is 1. The van der Waals surface area contributed by atoms with Gasteiger partial charge in [0, 0.05) is 6.54 Å². The highest BCUT2D eigenvalue weighted by atomic mass is 32.1. The van der Waals surface area contributed by atoms with Gasteiger partial charge in [-0.1, -0.05) is 12.1 Å². The number of aryl methyl sites for hydroxylation is 2. The van der Waals surface area contributed by atoms with Gasteiger partial charge in [0.05, 0.1) is 11.4 Å².